The maximum Gasteiger partial charge on any atom is 0.328 e. The van der Waals surface area contributed by atoms with Crippen LogP contribution in [0.2, 0.25) is 0 Å². The SMILES string of the molecule is COc1ccc(CN2C[C@H]3C[C@H](c4ccc(N(C)C)c5ccccc45)N4C(=O)N(CCN5CCOCC5)C(=O)[C@]34C2)cc1O. The smallest absolute Gasteiger partial charge is 0.328 e. The van der Waals surface area contributed by atoms with Crippen molar-refractivity contribution in [3.05, 3.63) is 65.7 Å². The zero-order chi connectivity index (χ0) is 30.6. The van der Waals surface area contributed by atoms with Gasteiger partial charge in [-0.15, -0.1) is 0 Å². The highest BCUT2D eigenvalue weighted by atomic mass is 16.5. The number of urea groups is 1. The number of imide groups is 1. The van der Waals surface area contributed by atoms with Crippen LogP contribution in [0.25, 0.3) is 10.8 Å². The third kappa shape index (κ3) is 4.58. The fourth-order valence-electron chi connectivity index (χ4n) is 8.02. The van der Waals surface area contributed by atoms with Gasteiger partial charge in [-0.05, 0) is 41.1 Å². The molecule has 3 amide bonds. The third-order valence-corrected chi connectivity index (χ3v) is 10.1. The van der Waals surface area contributed by atoms with E-state index in [1.54, 1.807) is 12.1 Å². The first-order valence-electron chi connectivity index (χ1n) is 15.5. The summed E-state index contributed by atoms with van der Waals surface area (Å²) in [5.41, 5.74) is 2.25. The topological polar surface area (TPSA) is 89.0 Å². The Morgan fingerprint density at radius 2 is 1.77 bits per heavy atom. The largest absolute Gasteiger partial charge is 0.504 e. The van der Waals surface area contributed by atoms with Crippen LogP contribution in [0.4, 0.5) is 10.5 Å². The first-order chi connectivity index (χ1) is 21.3. The maximum atomic E-state index is 14.5. The van der Waals surface area contributed by atoms with Gasteiger partial charge < -0.3 is 24.4 Å². The van der Waals surface area contributed by atoms with Gasteiger partial charge in [-0.25, -0.2) is 4.79 Å². The minimum absolute atomic E-state index is 0.00327. The molecule has 44 heavy (non-hydrogen) atoms. The molecule has 10 heteroatoms. The van der Waals surface area contributed by atoms with Gasteiger partial charge in [0, 0.05) is 76.9 Å². The molecule has 232 valence electrons. The molecule has 1 spiro atoms. The van der Waals surface area contributed by atoms with Gasteiger partial charge in [0.05, 0.1) is 26.4 Å². The van der Waals surface area contributed by atoms with E-state index in [4.69, 9.17) is 9.47 Å². The molecule has 4 aliphatic rings. The van der Waals surface area contributed by atoms with Gasteiger partial charge in [-0.2, -0.15) is 0 Å². The molecule has 0 unspecified atom stereocenters. The van der Waals surface area contributed by atoms with Crippen LogP contribution in [0, 0.1) is 5.92 Å². The van der Waals surface area contributed by atoms with E-state index in [1.165, 1.54) is 12.0 Å². The van der Waals surface area contributed by atoms with E-state index in [0.29, 0.717) is 51.7 Å². The number of aromatic hydroxyl groups is 1. The van der Waals surface area contributed by atoms with Crippen molar-refractivity contribution in [2.45, 2.75) is 24.5 Å². The third-order valence-electron chi connectivity index (χ3n) is 10.1. The van der Waals surface area contributed by atoms with Crippen LogP contribution in [0.5, 0.6) is 11.5 Å². The zero-order valence-corrected chi connectivity index (χ0v) is 25.7. The first kappa shape index (κ1) is 28.9. The molecule has 4 aliphatic heterocycles. The molecule has 0 saturated carbocycles. The highest BCUT2D eigenvalue weighted by Gasteiger charge is 2.70. The molecule has 10 nitrogen and oxygen atoms in total. The number of nitrogens with zero attached hydrogens (tertiary/aromatic N) is 5. The molecule has 0 radical (unpaired) electrons. The first-order valence-corrected chi connectivity index (χ1v) is 15.5. The number of carbonyl (C=O) groups is 2. The van der Waals surface area contributed by atoms with E-state index >= 15 is 0 Å². The number of phenols is 1. The van der Waals surface area contributed by atoms with Crippen molar-refractivity contribution in [3.63, 3.8) is 0 Å². The van der Waals surface area contributed by atoms with Gasteiger partial charge in [0.1, 0.15) is 5.54 Å². The Bertz CT molecular complexity index is 1590. The van der Waals surface area contributed by atoms with E-state index in [1.807, 2.05) is 25.1 Å². The summed E-state index contributed by atoms with van der Waals surface area (Å²) < 4.78 is 10.7. The quantitative estimate of drug-likeness (QED) is 0.394. The minimum atomic E-state index is -0.914. The molecule has 7 rings (SSSR count). The molecular weight excluding hydrogens is 558 g/mol. The summed E-state index contributed by atoms with van der Waals surface area (Å²) >= 11 is 0. The second-order valence-electron chi connectivity index (χ2n) is 12.7. The van der Waals surface area contributed by atoms with Crippen molar-refractivity contribution in [2.75, 3.05) is 78.6 Å². The molecular formula is C34H41N5O5. The summed E-state index contributed by atoms with van der Waals surface area (Å²) in [7, 11) is 5.62. The van der Waals surface area contributed by atoms with Crippen molar-refractivity contribution in [2.24, 2.45) is 5.92 Å². The number of carbonyl (C=O) groups excluding carboxylic acids is 2. The molecule has 4 heterocycles. The summed E-state index contributed by atoms with van der Waals surface area (Å²) in [6.45, 7) is 5.73. The van der Waals surface area contributed by atoms with E-state index in [9.17, 15) is 14.7 Å². The van der Waals surface area contributed by atoms with Gasteiger partial charge in [0.2, 0.25) is 0 Å². The number of morpholine rings is 1. The summed E-state index contributed by atoms with van der Waals surface area (Å²) in [6, 6.07) is 17.7. The lowest BCUT2D eigenvalue weighted by Gasteiger charge is -2.32. The Labute approximate surface area is 258 Å². The van der Waals surface area contributed by atoms with Gasteiger partial charge >= 0.3 is 6.03 Å². The zero-order valence-electron chi connectivity index (χ0n) is 25.7. The summed E-state index contributed by atoms with van der Waals surface area (Å²) in [4.78, 5) is 39.0. The highest BCUT2D eigenvalue weighted by Crippen LogP contribution is 2.56. The standard InChI is InChI=1S/C34H41N5O5/c1-35(2)28-10-9-27(25-6-4-5-7-26(25)28)29-19-24-21-37(20-23-8-11-31(43-3)30(40)18-23)22-34(24)32(41)38(33(42)39(29)34)13-12-36-14-16-44-17-15-36/h4-11,18,24,29,40H,12-17,19-22H2,1-3H3/t24-,29-,34+/m1/s1. The molecule has 0 aromatic heterocycles. The molecule has 3 aromatic rings. The van der Waals surface area contributed by atoms with Gasteiger partial charge in [-0.1, -0.05) is 36.4 Å². The number of anilines is 1. The van der Waals surface area contributed by atoms with Gasteiger partial charge in [0.15, 0.2) is 11.5 Å². The molecule has 4 fully saturated rings. The summed E-state index contributed by atoms with van der Waals surface area (Å²) in [6.07, 6.45) is 0.727. The maximum absolute atomic E-state index is 14.5. The molecule has 0 aliphatic carbocycles. The number of phenolic OH excluding ortho intramolecular Hbond substituents is 1. The van der Waals surface area contributed by atoms with Crippen molar-refractivity contribution >= 4 is 28.4 Å². The molecule has 3 atom stereocenters. The van der Waals surface area contributed by atoms with Crippen molar-refractivity contribution in [3.8, 4) is 11.5 Å². The lowest BCUT2D eigenvalue weighted by atomic mass is 9.87. The molecule has 4 saturated heterocycles. The normalized spacial score (nSPS) is 25.6. The molecule has 3 aromatic carbocycles. The second-order valence-corrected chi connectivity index (χ2v) is 12.7. The highest BCUT2D eigenvalue weighted by molar-refractivity contribution is 6.09. The van der Waals surface area contributed by atoms with Crippen LogP contribution < -0.4 is 9.64 Å². The van der Waals surface area contributed by atoms with Crippen molar-refractivity contribution in [1.82, 2.24) is 19.6 Å². The fraction of sp³-hybridized carbons (Fsp3) is 0.471. The summed E-state index contributed by atoms with van der Waals surface area (Å²) in [5, 5.41) is 12.6. The van der Waals surface area contributed by atoms with Crippen LogP contribution >= 0.6 is 0 Å². The molecule has 0 bridgehead atoms. The Balaban J connectivity index is 1.23. The Morgan fingerprint density at radius 3 is 2.50 bits per heavy atom. The van der Waals surface area contributed by atoms with Crippen LogP contribution in [0.3, 0.4) is 0 Å². The number of likely N-dealkylation sites (tertiary alicyclic amines) is 1. The predicted molar refractivity (Wildman–Crippen MR) is 168 cm³/mol. The average Bonchev–Trinajstić information content (AvgIpc) is 3.60. The van der Waals surface area contributed by atoms with Crippen LogP contribution in [0.15, 0.2) is 54.6 Å². The Hall–Kier alpha value is -3.86. The lowest BCUT2D eigenvalue weighted by molar-refractivity contribution is -0.133. The number of rotatable bonds is 8. The lowest BCUT2D eigenvalue weighted by Crippen LogP contribution is -2.51. The van der Waals surface area contributed by atoms with Crippen LogP contribution in [-0.4, -0.2) is 116 Å². The number of fused-ring (bicyclic) bond motifs is 1. The van der Waals surface area contributed by atoms with E-state index in [0.717, 1.165) is 47.1 Å². The number of amides is 3. The Morgan fingerprint density at radius 1 is 1.00 bits per heavy atom. The Kier molecular flexibility index (Phi) is 7.39. The van der Waals surface area contributed by atoms with Crippen molar-refractivity contribution < 1.29 is 24.2 Å². The predicted octanol–water partition coefficient (Wildman–Crippen LogP) is 3.53. The second kappa shape index (κ2) is 11.3. The molecule has 1 N–H and O–H groups in total. The van der Waals surface area contributed by atoms with E-state index < -0.39 is 5.54 Å². The monoisotopic (exact) mass is 599 g/mol. The van der Waals surface area contributed by atoms with Gasteiger partial charge in [0.25, 0.3) is 5.91 Å². The van der Waals surface area contributed by atoms with E-state index in [-0.39, 0.29) is 29.6 Å². The summed E-state index contributed by atoms with van der Waals surface area (Å²) in [5.74, 6) is 0.451. The number of hydrogen-bond donors (Lipinski definition) is 1. The fourth-order valence-corrected chi connectivity index (χ4v) is 8.02. The van der Waals surface area contributed by atoms with Crippen molar-refractivity contribution in [1.29, 1.82) is 0 Å². The number of benzene rings is 3. The van der Waals surface area contributed by atoms with Crippen LogP contribution in [0.1, 0.15) is 23.6 Å². The van der Waals surface area contributed by atoms with Crippen LogP contribution in [-0.2, 0) is 16.1 Å². The minimum Gasteiger partial charge on any atom is -0.504 e. The number of methoxy groups -OCH3 is 1. The average molecular weight is 600 g/mol. The van der Waals surface area contributed by atoms with E-state index in [2.05, 4.69) is 51.1 Å². The number of hydrogen-bond acceptors (Lipinski definition) is 8. The number of ether oxygens (including phenoxy) is 2. The van der Waals surface area contributed by atoms with Gasteiger partial charge in [-0.3, -0.25) is 19.5 Å².